The predicted octanol–water partition coefficient (Wildman–Crippen LogP) is 2.83. The Morgan fingerprint density at radius 1 is 1.00 bits per heavy atom. The van der Waals surface area contributed by atoms with Crippen LogP contribution in [0.2, 0.25) is 0 Å². The molecule has 0 unspecified atom stereocenters. The molecular formula is C11H9BrN2. The normalized spacial score (nSPS) is 10.1. The lowest BCUT2D eigenvalue weighted by atomic mass is 10.1. The minimum atomic E-state index is 0.786. The Hall–Kier alpha value is -1.22. The van der Waals surface area contributed by atoms with Gasteiger partial charge in [-0.3, -0.25) is 0 Å². The summed E-state index contributed by atoms with van der Waals surface area (Å²) >= 11 is 3.40. The van der Waals surface area contributed by atoms with Crippen molar-refractivity contribution in [3.05, 3.63) is 58.6 Å². The molecule has 1 aromatic heterocycles. The Morgan fingerprint density at radius 3 is 2.29 bits per heavy atom. The predicted molar refractivity (Wildman–Crippen MR) is 59.0 cm³/mol. The first-order valence-electron chi connectivity index (χ1n) is 4.35. The summed E-state index contributed by atoms with van der Waals surface area (Å²) in [7, 11) is 0. The minimum absolute atomic E-state index is 0.786. The van der Waals surface area contributed by atoms with Gasteiger partial charge in [0.2, 0.25) is 0 Å². The van der Waals surface area contributed by atoms with Crippen molar-refractivity contribution in [2.24, 2.45) is 0 Å². The second-order valence-electron chi connectivity index (χ2n) is 2.97. The highest BCUT2D eigenvalue weighted by atomic mass is 79.9. The fraction of sp³-hybridized carbons (Fsp3) is 0.0909. The maximum atomic E-state index is 4.17. The number of halogens is 1. The van der Waals surface area contributed by atoms with Crippen molar-refractivity contribution in [3.8, 4) is 0 Å². The van der Waals surface area contributed by atoms with E-state index in [1.54, 1.807) is 12.4 Å². The molecule has 0 radical (unpaired) electrons. The smallest absolute Gasteiger partial charge is 0.132 e. The van der Waals surface area contributed by atoms with Crippen molar-refractivity contribution in [2.75, 3.05) is 0 Å². The van der Waals surface area contributed by atoms with E-state index in [-0.39, 0.29) is 0 Å². The topological polar surface area (TPSA) is 25.8 Å². The van der Waals surface area contributed by atoms with Crippen LogP contribution in [-0.4, -0.2) is 9.97 Å². The van der Waals surface area contributed by atoms with Gasteiger partial charge in [-0.05, 0) is 23.8 Å². The lowest BCUT2D eigenvalue weighted by molar-refractivity contribution is 0.967. The third-order valence-corrected chi connectivity index (χ3v) is 2.42. The van der Waals surface area contributed by atoms with Crippen LogP contribution >= 0.6 is 15.9 Å². The standard InChI is InChI=1S/C11H9BrN2/c12-10-4-2-9(3-5-10)8-11-13-6-1-7-14-11/h1-7H,8H2. The van der Waals surface area contributed by atoms with Crippen molar-refractivity contribution in [3.63, 3.8) is 0 Å². The first-order valence-corrected chi connectivity index (χ1v) is 5.14. The zero-order valence-corrected chi connectivity index (χ0v) is 9.11. The Labute approximate surface area is 91.2 Å². The molecule has 0 N–H and O–H groups in total. The summed E-state index contributed by atoms with van der Waals surface area (Å²) in [6.45, 7) is 0. The van der Waals surface area contributed by atoms with Crippen molar-refractivity contribution in [1.82, 2.24) is 9.97 Å². The van der Waals surface area contributed by atoms with Crippen molar-refractivity contribution in [2.45, 2.75) is 6.42 Å². The maximum Gasteiger partial charge on any atom is 0.132 e. The van der Waals surface area contributed by atoms with Gasteiger partial charge in [0.1, 0.15) is 5.82 Å². The molecule has 2 rings (SSSR count). The largest absolute Gasteiger partial charge is 0.241 e. The Kier molecular flexibility index (Phi) is 2.89. The number of rotatable bonds is 2. The molecule has 3 heteroatoms. The third-order valence-electron chi connectivity index (χ3n) is 1.89. The molecule has 0 amide bonds. The molecule has 0 bridgehead atoms. The van der Waals surface area contributed by atoms with Gasteiger partial charge in [0.25, 0.3) is 0 Å². The summed E-state index contributed by atoms with van der Waals surface area (Å²) in [5.74, 6) is 0.856. The second kappa shape index (κ2) is 4.33. The van der Waals surface area contributed by atoms with Crippen LogP contribution in [0.5, 0.6) is 0 Å². The van der Waals surface area contributed by atoms with Gasteiger partial charge in [-0.1, -0.05) is 28.1 Å². The van der Waals surface area contributed by atoms with Crippen molar-refractivity contribution < 1.29 is 0 Å². The van der Waals surface area contributed by atoms with Gasteiger partial charge in [0.15, 0.2) is 0 Å². The van der Waals surface area contributed by atoms with Gasteiger partial charge >= 0.3 is 0 Å². The minimum Gasteiger partial charge on any atom is -0.241 e. The van der Waals surface area contributed by atoms with Gasteiger partial charge in [-0.2, -0.15) is 0 Å². The van der Waals surface area contributed by atoms with E-state index in [2.05, 4.69) is 38.0 Å². The molecule has 0 fully saturated rings. The third kappa shape index (κ3) is 2.39. The van der Waals surface area contributed by atoms with E-state index >= 15 is 0 Å². The number of nitrogens with zero attached hydrogens (tertiary/aromatic N) is 2. The van der Waals surface area contributed by atoms with Crippen LogP contribution in [-0.2, 0) is 6.42 Å². The van der Waals surface area contributed by atoms with Crippen LogP contribution in [0.15, 0.2) is 47.2 Å². The maximum absolute atomic E-state index is 4.17. The van der Waals surface area contributed by atoms with Crippen LogP contribution in [0.1, 0.15) is 11.4 Å². The van der Waals surface area contributed by atoms with E-state index in [1.165, 1.54) is 5.56 Å². The van der Waals surface area contributed by atoms with Gasteiger partial charge < -0.3 is 0 Å². The van der Waals surface area contributed by atoms with E-state index in [9.17, 15) is 0 Å². The van der Waals surface area contributed by atoms with E-state index in [0.717, 1.165) is 16.7 Å². The molecule has 0 aliphatic rings. The summed E-state index contributed by atoms with van der Waals surface area (Å²) < 4.78 is 1.09. The number of hydrogen-bond acceptors (Lipinski definition) is 2. The summed E-state index contributed by atoms with van der Waals surface area (Å²) in [5.41, 5.74) is 1.22. The summed E-state index contributed by atoms with van der Waals surface area (Å²) in [6, 6.07) is 10.0. The highest BCUT2D eigenvalue weighted by Crippen LogP contribution is 2.12. The molecule has 2 nitrogen and oxygen atoms in total. The fourth-order valence-electron chi connectivity index (χ4n) is 1.21. The second-order valence-corrected chi connectivity index (χ2v) is 3.88. The molecule has 14 heavy (non-hydrogen) atoms. The monoisotopic (exact) mass is 248 g/mol. The highest BCUT2D eigenvalue weighted by Gasteiger charge is 1.97. The van der Waals surface area contributed by atoms with Gasteiger partial charge in [-0.15, -0.1) is 0 Å². The highest BCUT2D eigenvalue weighted by molar-refractivity contribution is 9.10. The van der Waals surface area contributed by atoms with E-state index in [1.807, 2.05) is 18.2 Å². The lowest BCUT2D eigenvalue weighted by Gasteiger charge is -1.99. The van der Waals surface area contributed by atoms with E-state index < -0.39 is 0 Å². The summed E-state index contributed by atoms with van der Waals surface area (Å²) in [6.07, 6.45) is 4.32. The molecule has 2 aromatic rings. The number of aromatic nitrogens is 2. The number of hydrogen-bond donors (Lipinski definition) is 0. The van der Waals surface area contributed by atoms with Crippen LogP contribution < -0.4 is 0 Å². The van der Waals surface area contributed by atoms with Gasteiger partial charge in [0.05, 0.1) is 0 Å². The van der Waals surface area contributed by atoms with Gasteiger partial charge in [0, 0.05) is 23.3 Å². The molecular weight excluding hydrogens is 240 g/mol. The summed E-state index contributed by atoms with van der Waals surface area (Å²) in [4.78, 5) is 8.35. The zero-order chi connectivity index (χ0) is 9.80. The molecule has 1 heterocycles. The molecule has 0 spiro atoms. The lowest BCUT2D eigenvalue weighted by Crippen LogP contribution is -1.94. The molecule has 70 valence electrons. The zero-order valence-electron chi connectivity index (χ0n) is 7.52. The first kappa shape index (κ1) is 9.34. The SMILES string of the molecule is Brc1ccc(Cc2ncccn2)cc1. The Balaban J connectivity index is 2.16. The Bertz CT molecular complexity index is 397. The first-order chi connectivity index (χ1) is 6.84. The molecule has 1 aromatic carbocycles. The van der Waals surface area contributed by atoms with Crippen LogP contribution in [0.3, 0.4) is 0 Å². The van der Waals surface area contributed by atoms with Gasteiger partial charge in [-0.25, -0.2) is 9.97 Å². The van der Waals surface area contributed by atoms with Crippen LogP contribution in [0.25, 0.3) is 0 Å². The molecule has 0 saturated heterocycles. The quantitative estimate of drug-likeness (QED) is 0.817. The fourth-order valence-corrected chi connectivity index (χ4v) is 1.47. The molecule has 0 aliphatic carbocycles. The average Bonchev–Trinajstić information content (AvgIpc) is 2.23. The summed E-state index contributed by atoms with van der Waals surface area (Å²) in [5, 5.41) is 0. The molecule has 0 saturated carbocycles. The Morgan fingerprint density at radius 2 is 1.64 bits per heavy atom. The molecule has 0 atom stereocenters. The number of benzene rings is 1. The molecule has 0 aliphatic heterocycles. The van der Waals surface area contributed by atoms with Crippen molar-refractivity contribution in [1.29, 1.82) is 0 Å². The van der Waals surface area contributed by atoms with Crippen LogP contribution in [0.4, 0.5) is 0 Å². The van der Waals surface area contributed by atoms with E-state index in [4.69, 9.17) is 0 Å². The van der Waals surface area contributed by atoms with E-state index in [0.29, 0.717) is 0 Å². The van der Waals surface area contributed by atoms with Crippen LogP contribution in [0, 0.1) is 0 Å². The van der Waals surface area contributed by atoms with Crippen molar-refractivity contribution >= 4 is 15.9 Å². The average molecular weight is 249 g/mol.